The fourth-order valence-electron chi connectivity index (χ4n) is 2.82. The third-order valence-corrected chi connectivity index (χ3v) is 4.50. The zero-order valence-corrected chi connectivity index (χ0v) is 17.6. The maximum Gasteiger partial charge on any atom is 0.411 e. The van der Waals surface area contributed by atoms with E-state index in [-0.39, 0.29) is 12.5 Å². The number of carbonyl (C=O) groups excluding carboxylic acids is 2. The Balaban J connectivity index is 1.53. The summed E-state index contributed by atoms with van der Waals surface area (Å²) in [5.74, 6) is -0.0212. The highest BCUT2D eigenvalue weighted by Gasteiger charge is 2.27. The Hall–Kier alpha value is -3.85. The van der Waals surface area contributed by atoms with Crippen LogP contribution in [0.3, 0.4) is 0 Å². The molecule has 0 radical (unpaired) electrons. The predicted octanol–water partition coefficient (Wildman–Crippen LogP) is 5.28. The van der Waals surface area contributed by atoms with Crippen LogP contribution < -0.4 is 15.4 Å². The van der Waals surface area contributed by atoms with Gasteiger partial charge in [-0.15, -0.1) is 0 Å². The van der Waals surface area contributed by atoms with Gasteiger partial charge in [0.1, 0.15) is 12.4 Å². The van der Waals surface area contributed by atoms with Crippen LogP contribution in [0.4, 0.5) is 24.5 Å². The summed E-state index contributed by atoms with van der Waals surface area (Å²) in [5, 5.41) is 5.47. The van der Waals surface area contributed by atoms with Gasteiger partial charge < -0.3 is 20.1 Å². The lowest BCUT2D eigenvalue weighted by Crippen LogP contribution is -2.16. The molecule has 0 unspecified atom stereocenters. The molecule has 0 heterocycles. The second-order valence-electron chi connectivity index (χ2n) is 7.02. The molecule has 0 bridgehead atoms. The van der Waals surface area contributed by atoms with Gasteiger partial charge in [0.2, 0.25) is 0 Å². The van der Waals surface area contributed by atoms with E-state index in [9.17, 15) is 22.8 Å². The number of nitrogens with one attached hydrogen (secondary N) is 2. The van der Waals surface area contributed by atoms with E-state index in [0.29, 0.717) is 33.8 Å². The SMILES string of the molecule is COc1ccc(NC(=O)c2ccc(NC(=O)c3ccc(COCC(F)(F)F)cc3)cc2)cc1. The van der Waals surface area contributed by atoms with Crippen molar-refractivity contribution in [1.82, 2.24) is 0 Å². The molecule has 0 atom stereocenters. The minimum absolute atomic E-state index is 0.207. The molecule has 0 aliphatic carbocycles. The van der Waals surface area contributed by atoms with E-state index in [1.54, 1.807) is 55.6 Å². The molecule has 9 heteroatoms. The molecule has 2 amide bonds. The number of amides is 2. The highest BCUT2D eigenvalue weighted by atomic mass is 19.4. The summed E-state index contributed by atoms with van der Waals surface area (Å²) >= 11 is 0. The van der Waals surface area contributed by atoms with Crippen molar-refractivity contribution in [2.45, 2.75) is 12.8 Å². The van der Waals surface area contributed by atoms with Crippen molar-refractivity contribution >= 4 is 23.2 Å². The van der Waals surface area contributed by atoms with Gasteiger partial charge in [0.25, 0.3) is 11.8 Å². The average Bonchev–Trinajstić information content (AvgIpc) is 2.79. The first-order valence-corrected chi connectivity index (χ1v) is 9.84. The van der Waals surface area contributed by atoms with Crippen molar-refractivity contribution in [3.8, 4) is 5.75 Å². The molecule has 0 saturated carbocycles. The number of halogens is 3. The largest absolute Gasteiger partial charge is 0.497 e. The van der Waals surface area contributed by atoms with Gasteiger partial charge in [-0.05, 0) is 66.2 Å². The quantitative estimate of drug-likeness (QED) is 0.482. The van der Waals surface area contributed by atoms with E-state index >= 15 is 0 Å². The molecule has 6 nitrogen and oxygen atoms in total. The molecule has 0 saturated heterocycles. The van der Waals surface area contributed by atoms with Gasteiger partial charge in [0, 0.05) is 22.5 Å². The van der Waals surface area contributed by atoms with Crippen molar-refractivity contribution in [2.75, 3.05) is 24.4 Å². The molecule has 3 aromatic carbocycles. The molecule has 0 aliphatic heterocycles. The zero-order valence-electron chi connectivity index (χ0n) is 17.6. The van der Waals surface area contributed by atoms with E-state index in [1.807, 2.05) is 0 Å². The fraction of sp³-hybridized carbons (Fsp3) is 0.167. The number of carbonyl (C=O) groups is 2. The first kappa shape index (κ1) is 23.8. The molecule has 3 rings (SSSR count). The lowest BCUT2D eigenvalue weighted by molar-refractivity contribution is -0.176. The van der Waals surface area contributed by atoms with Crippen LogP contribution in [0.5, 0.6) is 5.75 Å². The fourth-order valence-corrected chi connectivity index (χ4v) is 2.82. The number of methoxy groups -OCH3 is 1. The topological polar surface area (TPSA) is 76.7 Å². The van der Waals surface area contributed by atoms with Crippen LogP contribution >= 0.6 is 0 Å². The molecule has 172 valence electrons. The first-order valence-electron chi connectivity index (χ1n) is 9.84. The summed E-state index contributed by atoms with van der Waals surface area (Å²) < 4.78 is 46.0. The summed E-state index contributed by atoms with van der Waals surface area (Å²) in [6.45, 7) is -1.54. The standard InChI is InChI=1S/C24H21F3N2O4/c1-32-21-12-10-20(11-13-21)29-23(31)18-6-8-19(9-7-18)28-22(30)17-4-2-16(3-5-17)14-33-15-24(25,26)27/h2-13H,14-15H2,1H3,(H,28,30)(H,29,31). The third kappa shape index (κ3) is 7.36. The van der Waals surface area contributed by atoms with E-state index in [4.69, 9.17) is 4.74 Å². The third-order valence-electron chi connectivity index (χ3n) is 4.50. The van der Waals surface area contributed by atoms with Crippen LogP contribution in [-0.2, 0) is 11.3 Å². The van der Waals surface area contributed by atoms with Gasteiger partial charge in [-0.25, -0.2) is 0 Å². The molecular weight excluding hydrogens is 437 g/mol. The van der Waals surface area contributed by atoms with Crippen LogP contribution in [0, 0.1) is 0 Å². The van der Waals surface area contributed by atoms with Crippen molar-refractivity contribution in [2.24, 2.45) is 0 Å². The number of hydrogen-bond donors (Lipinski definition) is 2. The predicted molar refractivity (Wildman–Crippen MR) is 117 cm³/mol. The molecule has 0 aliphatic rings. The maximum atomic E-state index is 12.4. The minimum atomic E-state index is -4.38. The van der Waals surface area contributed by atoms with E-state index in [2.05, 4.69) is 15.4 Å². The van der Waals surface area contributed by atoms with Crippen LogP contribution in [0.2, 0.25) is 0 Å². The molecule has 0 spiro atoms. The monoisotopic (exact) mass is 458 g/mol. The molecule has 33 heavy (non-hydrogen) atoms. The molecule has 0 fully saturated rings. The summed E-state index contributed by atoms with van der Waals surface area (Å²) in [5.41, 5.74) is 2.36. The van der Waals surface area contributed by atoms with Gasteiger partial charge in [-0.1, -0.05) is 12.1 Å². The van der Waals surface area contributed by atoms with Crippen molar-refractivity contribution < 1.29 is 32.2 Å². The zero-order chi connectivity index (χ0) is 23.8. The number of hydrogen-bond acceptors (Lipinski definition) is 4. The first-order chi connectivity index (χ1) is 15.7. The lowest BCUT2D eigenvalue weighted by atomic mass is 10.1. The summed E-state index contributed by atoms with van der Waals surface area (Å²) in [4.78, 5) is 24.8. The molecular formula is C24H21F3N2O4. The number of benzene rings is 3. The Bertz CT molecular complexity index is 1080. The van der Waals surface area contributed by atoms with Crippen molar-refractivity contribution in [3.05, 3.63) is 89.5 Å². The van der Waals surface area contributed by atoms with Crippen molar-refractivity contribution in [3.63, 3.8) is 0 Å². The maximum absolute atomic E-state index is 12.4. The smallest absolute Gasteiger partial charge is 0.411 e. The number of ether oxygens (including phenoxy) is 2. The molecule has 3 aromatic rings. The van der Waals surface area contributed by atoms with Gasteiger partial charge in [-0.2, -0.15) is 13.2 Å². The van der Waals surface area contributed by atoms with E-state index in [1.165, 1.54) is 24.3 Å². The number of alkyl halides is 3. The number of rotatable bonds is 8. The highest BCUT2D eigenvalue weighted by Crippen LogP contribution is 2.18. The van der Waals surface area contributed by atoms with E-state index < -0.39 is 18.7 Å². The van der Waals surface area contributed by atoms with E-state index in [0.717, 1.165) is 0 Å². The average molecular weight is 458 g/mol. The van der Waals surface area contributed by atoms with Gasteiger partial charge in [-0.3, -0.25) is 9.59 Å². The van der Waals surface area contributed by atoms with Gasteiger partial charge in [0.05, 0.1) is 13.7 Å². The summed E-state index contributed by atoms with van der Waals surface area (Å²) in [6, 6.07) is 19.3. The Kier molecular flexibility index (Phi) is 7.68. The van der Waals surface area contributed by atoms with Gasteiger partial charge in [0.15, 0.2) is 0 Å². The molecule has 0 aromatic heterocycles. The number of anilines is 2. The Morgan fingerprint density at radius 3 is 1.67 bits per heavy atom. The normalized spacial score (nSPS) is 11.0. The van der Waals surface area contributed by atoms with Crippen LogP contribution in [-0.4, -0.2) is 31.7 Å². The second kappa shape index (κ2) is 10.6. The Morgan fingerprint density at radius 2 is 1.21 bits per heavy atom. The molecule has 2 N–H and O–H groups in total. The summed E-state index contributed by atoms with van der Waals surface area (Å²) in [6.07, 6.45) is -4.38. The minimum Gasteiger partial charge on any atom is -0.497 e. The summed E-state index contributed by atoms with van der Waals surface area (Å²) in [7, 11) is 1.56. The second-order valence-corrected chi connectivity index (χ2v) is 7.02. The Labute approximate surface area is 188 Å². The van der Waals surface area contributed by atoms with Gasteiger partial charge >= 0.3 is 6.18 Å². The van der Waals surface area contributed by atoms with Crippen LogP contribution in [0.15, 0.2) is 72.8 Å². The van der Waals surface area contributed by atoms with Crippen LogP contribution in [0.1, 0.15) is 26.3 Å². The van der Waals surface area contributed by atoms with Crippen molar-refractivity contribution in [1.29, 1.82) is 0 Å². The highest BCUT2D eigenvalue weighted by molar-refractivity contribution is 6.06. The Morgan fingerprint density at radius 1 is 0.758 bits per heavy atom. The lowest BCUT2D eigenvalue weighted by Gasteiger charge is -2.09. The van der Waals surface area contributed by atoms with Crippen LogP contribution in [0.25, 0.3) is 0 Å².